The highest BCUT2D eigenvalue weighted by Crippen LogP contribution is 2.38. The van der Waals surface area contributed by atoms with E-state index in [1.54, 1.807) is 0 Å². The zero-order valence-corrected chi connectivity index (χ0v) is 10.9. The predicted molar refractivity (Wildman–Crippen MR) is 59.8 cm³/mol. The van der Waals surface area contributed by atoms with E-state index >= 15 is 0 Å². The molecule has 0 aliphatic heterocycles. The lowest BCUT2D eigenvalue weighted by atomic mass is 10.1. The minimum absolute atomic E-state index is 0.0176. The molecule has 0 atom stereocenters. The van der Waals surface area contributed by atoms with Crippen molar-refractivity contribution in [1.29, 1.82) is 0 Å². The fourth-order valence-corrected chi connectivity index (χ4v) is 1.55. The zero-order valence-electron chi connectivity index (χ0n) is 10.9. The van der Waals surface area contributed by atoms with Crippen LogP contribution >= 0.6 is 0 Å². The van der Waals surface area contributed by atoms with E-state index in [9.17, 15) is 26.3 Å². The van der Waals surface area contributed by atoms with Crippen molar-refractivity contribution in [2.75, 3.05) is 0 Å². The van der Waals surface area contributed by atoms with Gasteiger partial charge in [-0.25, -0.2) is 0 Å². The van der Waals surface area contributed by atoms with E-state index in [0.717, 1.165) is 0 Å². The first-order chi connectivity index (χ1) is 10.1. The third kappa shape index (κ3) is 3.89. The number of halogens is 6. The maximum atomic E-state index is 12.6. The van der Waals surface area contributed by atoms with Gasteiger partial charge in [-0.3, -0.25) is 0 Å². The molecule has 1 aromatic carbocycles. The van der Waals surface area contributed by atoms with Crippen LogP contribution in [0.2, 0.25) is 0 Å². The van der Waals surface area contributed by atoms with Crippen molar-refractivity contribution in [3.05, 3.63) is 41.1 Å². The molecular formula is C12H8F6N2O2. The molecule has 1 heterocycles. The third-order valence-electron chi connectivity index (χ3n) is 2.49. The van der Waals surface area contributed by atoms with Gasteiger partial charge in [0.2, 0.25) is 5.89 Å². The van der Waals surface area contributed by atoms with Crippen molar-refractivity contribution in [2.45, 2.75) is 25.9 Å². The lowest BCUT2D eigenvalue weighted by molar-refractivity contribution is -0.143. The Labute approximate surface area is 119 Å². The van der Waals surface area contributed by atoms with Gasteiger partial charge in [0.15, 0.2) is 6.61 Å². The van der Waals surface area contributed by atoms with Crippen LogP contribution in [0.15, 0.2) is 22.6 Å². The molecule has 0 saturated carbocycles. The molecule has 1 aromatic heterocycles. The molecule has 2 aromatic rings. The first-order valence-corrected chi connectivity index (χ1v) is 5.77. The number of aryl methyl sites for hydroxylation is 1. The summed E-state index contributed by atoms with van der Waals surface area (Å²) in [5.74, 6) is -0.472. The molecule has 0 bridgehead atoms. The molecule has 0 fully saturated rings. The first-order valence-electron chi connectivity index (χ1n) is 5.77. The van der Waals surface area contributed by atoms with Crippen molar-refractivity contribution in [3.8, 4) is 5.75 Å². The SMILES string of the molecule is Cc1nnc(COc2cc(C(F)(F)F)cc(C(F)(F)F)c2)o1. The predicted octanol–water partition coefficient (Wildman–Crippen LogP) is 3.99. The molecule has 0 aliphatic carbocycles. The Morgan fingerprint density at radius 3 is 1.91 bits per heavy atom. The smallest absolute Gasteiger partial charge is 0.416 e. The van der Waals surface area contributed by atoms with Gasteiger partial charge in [0, 0.05) is 6.92 Å². The second-order valence-corrected chi connectivity index (χ2v) is 4.25. The summed E-state index contributed by atoms with van der Waals surface area (Å²) in [5, 5.41) is 6.97. The van der Waals surface area contributed by atoms with E-state index in [-0.39, 0.29) is 17.8 Å². The average Bonchev–Trinajstić information content (AvgIpc) is 2.80. The van der Waals surface area contributed by atoms with Gasteiger partial charge < -0.3 is 9.15 Å². The van der Waals surface area contributed by atoms with E-state index in [4.69, 9.17) is 9.15 Å². The highest BCUT2D eigenvalue weighted by atomic mass is 19.4. The molecule has 10 heteroatoms. The van der Waals surface area contributed by atoms with Gasteiger partial charge in [0.05, 0.1) is 11.1 Å². The van der Waals surface area contributed by atoms with E-state index in [1.165, 1.54) is 6.92 Å². The summed E-state index contributed by atoms with van der Waals surface area (Å²) < 4.78 is 85.6. The zero-order chi connectivity index (χ0) is 16.5. The van der Waals surface area contributed by atoms with Gasteiger partial charge in [-0.15, -0.1) is 10.2 Å². The lowest BCUT2D eigenvalue weighted by Crippen LogP contribution is -2.11. The molecule has 0 spiro atoms. The van der Waals surface area contributed by atoms with Crippen LogP contribution in [0.5, 0.6) is 5.75 Å². The Bertz CT molecular complexity index is 630. The Morgan fingerprint density at radius 1 is 0.955 bits per heavy atom. The van der Waals surface area contributed by atoms with Crippen molar-refractivity contribution < 1.29 is 35.5 Å². The second kappa shape index (κ2) is 5.50. The van der Waals surface area contributed by atoms with Gasteiger partial charge in [-0.1, -0.05) is 0 Å². The van der Waals surface area contributed by atoms with E-state index in [1.807, 2.05) is 0 Å². The maximum Gasteiger partial charge on any atom is 0.416 e. The van der Waals surface area contributed by atoms with Gasteiger partial charge in [0.1, 0.15) is 5.75 Å². The summed E-state index contributed by atoms with van der Waals surface area (Å²) in [6, 6.07) is 0.959. The summed E-state index contributed by atoms with van der Waals surface area (Å²) in [6.45, 7) is 1.03. The largest absolute Gasteiger partial charge is 0.484 e. The summed E-state index contributed by atoms with van der Waals surface area (Å²) in [4.78, 5) is 0. The van der Waals surface area contributed by atoms with E-state index in [0.29, 0.717) is 12.1 Å². The Kier molecular flexibility index (Phi) is 4.03. The highest BCUT2D eigenvalue weighted by molar-refractivity contribution is 5.37. The van der Waals surface area contributed by atoms with Crippen LogP contribution in [0.3, 0.4) is 0 Å². The monoisotopic (exact) mass is 326 g/mol. The molecule has 2 rings (SSSR count). The van der Waals surface area contributed by atoms with Gasteiger partial charge in [-0.2, -0.15) is 26.3 Å². The highest BCUT2D eigenvalue weighted by Gasteiger charge is 2.37. The number of hydrogen-bond acceptors (Lipinski definition) is 4. The normalized spacial score (nSPS) is 12.5. The van der Waals surface area contributed by atoms with Crippen LogP contribution in [0.1, 0.15) is 22.9 Å². The van der Waals surface area contributed by atoms with Crippen LogP contribution in [0.4, 0.5) is 26.3 Å². The number of hydrogen-bond donors (Lipinski definition) is 0. The van der Waals surface area contributed by atoms with Crippen LogP contribution in [0, 0.1) is 6.92 Å². The Morgan fingerprint density at radius 2 is 1.50 bits per heavy atom. The average molecular weight is 326 g/mol. The fraction of sp³-hybridized carbons (Fsp3) is 0.333. The summed E-state index contributed by atoms with van der Waals surface area (Å²) in [5.41, 5.74) is -2.92. The molecule has 0 amide bonds. The van der Waals surface area contributed by atoms with Crippen LogP contribution in [-0.4, -0.2) is 10.2 Å². The first kappa shape index (κ1) is 16.1. The third-order valence-corrected chi connectivity index (χ3v) is 2.49. The van der Waals surface area contributed by atoms with Crippen LogP contribution < -0.4 is 4.74 Å². The summed E-state index contributed by atoms with van der Waals surface area (Å²) >= 11 is 0. The van der Waals surface area contributed by atoms with E-state index < -0.39 is 35.8 Å². The lowest BCUT2D eigenvalue weighted by Gasteiger charge is -2.14. The summed E-state index contributed by atoms with van der Waals surface area (Å²) in [7, 11) is 0. The number of benzene rings is 1. The van der Waals surface area contributed by atoms with Crippen LogP contribution in [0.25, 0.3) is 0 Å². The summed E-state index contributed by atoms with van der Waals surface area (Å²) in [6.07, 6.45) is -9.86. The molecule has 0 aliphatic rings. The molecule has 120 valence electrons. The van der Waals surface area contributed by atoms with Gasteiger partial charge >= 0.3 is 12.4 Å². The van der Waals surface area contributed by atoms with Crippen molar-refractivity contribution in [3.63, 3.8) is 0 Å². The molecule has 0 N–H and O–H groups in total. The molecular weight excluding hydrogens is 318 g/mol. The van der Waals surface area contributed by atoms with Gasteiger partial charge in [-0.05, 0) is 18.2 Å². The van der Waals surface area contributed by atoms with E-state index in [2.05, 4.69) is 10.2 Å². The van der Waals surface area contributed by atoms with Crippen LogP contribution in [-0.2, 0) is 19.0 Å². The quantitative estimate of drug-likeness (QED) is 0.800. The molecule has 0 radical (unpaired) electrons. The number of aromatic nitrogens is 2. The molecule has 0 saturated heterocycles. The Hall–Kier alpha value is -2.26. The topological polar surface area (TPSA) is 48.2 Å². The molecule has 4 nitrogen and oxygen atoms in total. The minimum Gasteiger partial charge on any atom is -0.484 e. The minimum atomic E-state index is -4.93. The molecule has 0 unspecified atom stereocenters. The van der Waals surface area contributed by atoms with Crippen molar-refractivity contribution >= 4 is 0 Å². The van der Waals surface area contributed by atoms with Crippen molar-refractivity contribution in [2.24, 2.45) is 0 Å². The van der Waals surface area contributed by atoms with Crippen molar-refractivity contribution in [1.82, 2.24) is 10.2 Å². The fourth-order valence-electron chi connectivity index (χ4n) is 1.55. The molecule has 22 heavy (non-hydrogen) atoms. The number of rotatable bonds is 3. The standard InChI is InChI=1S/C12H8F6N2O2/c1-6-19-20-10(22-6)5-21-9-3-7(11(13,14)15)2-8(4-9)12(16,17)18/h2-4H,5H2,1H3. The maximum absolute atomic E-state index is 12.6. The number of nitrogens with zero attached hydrogens (tertiary/aromatic N) is 2. The number of ether oxygens (including phenoxy) is 1. The number of alkyl halides is 6. The second-order valence-electron chi connectivity index (χ2n) is 4.25. The van der Waals surface area contributed by atoms with Gasteiger partial charge in [0.25, 0.3) is 5.89 Å². The Balaban J connectivity index is 2.29.